The Balaban J connectivity index is 1.46. The van der Waals surface area contributed by atoms with Gasteiger partial charge in [-0.2, -0.15) is 5.26 Å². The molecule has 0 atom stereocenters. The average Bonchev–Trinajstić information content (AvgIpc) is 2.84. The van der Waals surface area contributed by atoms with E-state index in [0.29, 0.717) is 37.3 Å². The lowest BCUT2D eigenvalue weighted by atomic mass is 10.0. The maximum absolute atomic E-state index is 13.2. The van der Waals surface area contributed by atoms with Gasteiger partial charge in [-0.15, -0.1) is 0 Å². The number of sulfonamides is 1. The Morgan fingerprint density at radius 1 is 0.909 bits per heavy atom. The molecular formula is C24H29N5O3S. The molecule has 0 spiro atoms. The van der Waals surface area contributed by atoms with Crippen molar-refractivity contribution < 1.29 is 13.2 Å². The number of nitriles is 1. The summed E-state index contributed by atoms with van der Waals surface area (Å²) in [6.45, 7) is 4.39. The number of anilines is 2. The van der Waals surface area contributed by atoms with Crippen LogP contribution in [0.5, 0.6) is 0 Å². The van der Waals surface area contributed by atoms with Crippen LogP contribution in [0.1, 0.15) is 30.4 Å². The molecule has 8 nitrogen and oxygen atoms in total. The maximum Gasteiger partial charge on any atom is 0.238 e. The number of piperidine rings is 1. The first-order valence-corrected chi connectivity index (χ1v) is 12.8. The van der Waals surface area contributed by atoms with Gasteiger partial charge in [0.05, 0.1) is 22.9 Å². The second kappa shape index (κ2) is 9.81. The van der Waals surface area contributed by atoms with Crippen LogP contribution in [0, 0.1) is 11.3 Å². The lowest BCUT2D eigenvalue weighted by Gasteiger charge is -2.36. The molecule has 0 saturated carbocycles. The van der Waals surface area contributed by atoms with E-state index in [9.17, 15) is 13.2 Å². The van der Waals surface area contributed by atoms with Crippen LogP contribution in [0.3, 0.4) is 0 Å². The van der Waals surface area contributed by atoms with Crippen LogP contribution in [-0.4, -0.2) is 58.5 Å². The average molecular weight is 468 g/mol. The van der Waals surface area contributed by atoms with Gasteiger partial charge in [-0.3, -0.25) is 4.79 Å². The van der Waals surface area contributed by atoms with Crippen molar-refractivity contribution in [3.8, 4) is 6.07 Å². The van der Waals surface area contributed by atoms with Crippen LogP contribution in [0.2, 0.25) is 0 Å². The van der Waals surface area contributed by atoms with Crippen molar-refractivity contribution in [1.82, 2.24) is 4.90 Å². The fraction of sp³-hybridized carbons (Fsp3) is 0.417. The van der Waals surface area contributed by atoms with Crippen molar-refractivity contribution in [3.05, 3.63) is 53.6 Å². The summed E-state index contributed by atoms with van der Waals surface area (Å²) in [6, 6.07) is 14.5. The van der Waals surface area contributed by atoms with Crippen molar-refractivity contribution in [2.24, 2.45) is 5.14 Å². The van der Waals surface area contributed by atoms with Gasteiger partial charge in [-0.05, 0) is 67.3 Å². The Labute approximate surface area is 195 Å². The SMILES string of the molecule is N#Cc1ccc(N2CCN(C(=O)Cc3cc(S(N)(=O)=O)ccc3N3CCCCC3)CC2)cc1. The molecule has 0 unspecified atom stereocenters. The van der Waals surface area contributed by atoms with Crippen LogP contribution in [0.15, 0.2) is 47.4 Å². The summed E-state index contributed by atoms with van der Waals surface area (Å²) in [5, 5.41) is 14.3. The Kier molecular flexibility index (Phi) is 6.86. The van der Waals surface area contributed by atoms with Crippen molar-refractivity contribution >= 4 is 27.3 Å². The highest BCUT2D eigenvalue weighted by atomic mass is 32.2. The summed E-state index contributed by atoms with van der Waals surface area (Å²) in [5.74, 6) is -0.0145. The van der Waals surface area contributed by atoms with Gasteiger partial charge in [0.25, 0.3) is 0 Å². The Morgan fingerprint density at radius 2 is 1.58 bits per heavy atom. The highest BCUT2D eigenvalue weighted by Gasteiger charge is 2.24. The lowest BCUT2D eigenvalue weighted by Crippen LogP contribution is -2.49. The standard InChI is InChI=1S/C24H29N5O3S/c25-18-19-4-6-21(7-5-19)27-12-14-29(15-13-27)24(30)17-20-16-22(33(26,31)32)8-9-23(20)28-10-2-1-3-11-28/h4-9,16H,1-3,10-15,17H2,(H2,26,31,32). The fourth-order valence-corrected chi connectivity index (χ4v) is 5.12. The molecule has 4 rings (SSSR count). The van der Waals surface area contributed by atoms with E-state index in [-0.39, 0.29) is 17.2 Å². The lowest BCUT2D eigenvalue weighted by molar-refractivity contribution is -0.130. The second-order valence-corrected chi connectivity index (χ2v) is 10.1. The van der Waals surface area contributed by atoms with Gasteiger partial charge < -0.3 is 14.7 Å². The molecule has 2 aliphatic rings. The van der Waals surface area contributed by atoms with Crippen molar-refractivity contribution in [2.75, 3.05) is 49.1 Å². The van der Waals surface area contributed by atoms with Gasteiger partial charge in [-0.25, -0.2) is 13.6 Å². The minimum Gasteiger partial charge on any atom is -0.371 e. The van der Waals surface area contributed by atoms with Gasteiger partial charge in [0.2, 0.25) is 15.9 Å². The van der Waals surface area contributed by atoms with E-state index in [2.05, 4.69) is 15.9 Å². The number of primary sulfonamides is 1. The number of carbonyl (C=O) groups is 1. The zero-order chi connectivity index (χ0) is 23.4. The Hall–Kier alpha value is -3.09. The number of rotatable bonds is 5. The predicted octanol–water partition coefficient (Wildman–Crippen LogP) is 2.09. The van der Waals surface area contributed by atoms with Gasteiger partial charge in [0.15, 0.2) is 0 Å². The molecule has 0 aliphatic carbocycles. The van der Waals surface area contributed by atoms with Gasteiger partial charge in [0, 0.05) is 50.6 Å². The number of carbonyl (C=O) groups excluding carboxylic acids is 1. The fourth-order valence-electron chi connectivity index (χ4n) is 4.56. The highest BCUT2D eigenvalue weighted by Crippen LogP contribution is 2.28. The van der Waals surface area contributed by atoms with E-state index in [0.717, 1.165) is 37.3 Å². The minimum absolute atomic E-state index is 0.0145. The second-order valence-electron chi connectivity index (χ2n) is 8.59. The molecule has 174 valence electrons. The van der Waals surface area contributed by atoms with Crippen LogP contribution in [0.25, 0.3) is 0 Å². The monoisotopic (exact) mass is 467 g/mol. The molecule has 2 aromatic rings. The summed E-state index contributed by atoms with van der Waals surface area (Å²) in [4.78, 5) is 19.5. The number of amides is 1. The first kappa shape index (κ1) is 23.1. The Morgan fingerprint density at radius 3 is 2.18 bits per heavy atom. The van der Waals surface area contributed by atoms with E-state index in [1.807, 2.05) is 17.0 Å². The van der Waals surface area contributed by atoms with E-state index in [1.165, 1.54) is 12.5 Å². The predicted molar refractivity (Wildman–Crippen MR) is 128 cm³/mol. The molecule has 2 N–H and O–H groups in total. The first-order valence-electron chi connectivity index (χ1n) is 11.3. The molecule has 2 fully saturated rings. The molecule has 2 aromatic carbocycles. The topological polar surface area (TPSA) is 111 Å². The zero-order valence-electron chi connectivity index (χ0n) is 18.6. The third kappa shape index (κ3) is 5.46. The molecule has 33 heavy (non-hydrogen) atoms. The quantitative estimate of drug-likeness (QED) is 0.721. The number of nitrogens with two attached hydrogens (primary N) is 1. The number of hydrogen-bond donors (Lipinski definition) is 1. The van der Waals surface area contributed by atoms with Gasteiger partial charge >= 0.3 is 0 Å². The molecule has 0 bridgehead atoms. The van der Waals surface area contributed by atoms with E-state index in [4.69, 9.17) is 10.4 Å². The van der Waals surface area contributed by atoms with Crippen molar-refractivity contribution in [2.45, 2.75) is 30.6 Å². The summed E-state index contributed by atoms with van der Waals surface area (Å²) in [5.41, 5.74) is 3.29. The van der Waals surface area contributed by atoms with Gasteiger partial charge in [0.1, 0.15) is 0 Å². The van der Waals surface area contributed by atoms with Crippen molar-refractivity contribution in [3.63, 3.8) is 0 Å². The number of benzene rings is 2. The summed E-state index contributed by atoms with van der Waals surface area (Å²) >= 11 is 0. The third-order valence-electron chi connectivity index (χ3n) is 6.41. The largest absolute Gasteiger partial charge is 0.371 e. The molecule has 1 amide bonds. The number of nitrogens with zero attached hydrogens (tertiary/aromatic N) is 4. The molecule has 2 heterocycles. The molecular weight excluding hydrogens is 438 g/mol. The minimum atomic E-state index is -3.85. The number of piperazine rings is 1. The normalized spacial score (nSPS) is 17.0. The van der Waals surface area contributed by atoms with E-state index >= 15 is 0 Å². The van der Waals surface area contributed by atoms with Crippen LogP contribution >= 0.6 is 0 Å². The number of hydrogen-bond acceptors (Lipinski definition) is 6. The highest BCUT2D eigenvalue weighted by molar-refractivity contribution is 7.89. The molecule has 0 aromatic heterocycles. The van der Waals surface area contributed by atoms with Crippen LogP contribution < -0.4 is 14.9 Å². The third-order valence-corrected chi connectivity index (χ3v) is 7.32. The molecule has 2 aliphatic heterocycles. The molecule has 0 radical (unpaired) electrons. The maximum atomic E-state index is 13.2. The zero-order valence-corrected chi connectivity index (χ0v) is 19.4. The molecule has 2 saturated heterocycles. The van der Waals surface area contributed by atoms with E-state index in [1.54, 1.807) is 24.3 Å². The summed E-state index contributed by atoms with van der Waals surface area (Å²) in [7, 11) is -3.85. The first-order chi connectivity index (χ1) is 15.8. The smallest absolute Gasteiger partial charge is 0.238 e. The van der Waals surface area contributed by atoms with Crippen molar-refractivity contribution in [1.29, 1.82) is 5.26 Å². The van der Waals surface area contributed by atoms with Crippen LogP contribution in [-0.2, 0) is 21.2 Å². The van der Waals surface area contributed by atoms with Gasteiger partial charge in [-0.1, -0.05) is 0 Å². The summed E-state index contributed by atoms with van der Waals surface area (Å²) in [6.07, 6.45) is 3.50. The molecule has 9 heteroatoms. The summed E-state index contributed by atoms with van der Waals surface area (Å²) < 4.78 is 23.8. The van der Waals surface area contributed by atoms with Crippen LogP contribution in [0.4, 0.5) is 11.4 Å². The Bertz CT molecular complexity index is 1140. The van der Waals surface area contributed by atoms with E-state index < -0.39 is 10.0 Å².